The highest BCUT2D eigenvalue weighted by Crippen LogP contribution is 2.18. The summed E-state index contributed by atoms with van der Waals surface area (Å²) >= 11 is 3.41. The molecule has 1 N–H and O–H groups in total. The fraction of sp³-hybridized carbons (Fsp3) is 0.312. The summed E-state index contributed by atoms with van der Waals surface area (Å²) in [4.78, 5) is 23.9. The number of nitrogens with one attached hydrogen (secondary N) is 1. The molecule has 0 saturated carbocycles. The quantitative estimate of drug-likeness (QED) is 0.887. The van der Waals surface area contributed by atoms with Crippen LogP contribution in [0.4, 0.5) is 0 Å². The number of aromatic nitrogens is 2. The Balaban J connectivity index is 2.15. The number of amides is 1. The van der Waals surface area contributed by atoms with E-state index in [0.29, 0.717) is 6.54 Å². The molecule has 5 nitrogen and oxygen atoms in total. The Morgan fingerprint density at radius 2 is 2.14 bits per heavy atom. The average molecular weight is 364 g/mol. The molecule has 0 fully saturated rings. The topological polar surface area (TPSA) is 64.0 Å². The minimum absolute atomic E-state index is 0.154. The minimum atomic E-state index is -0.294. The molecule has 1 amide bonds. The number of aryl methyl sites for hydroxylation is 1. The Bertz CT molecular complexity index is 727. The number of nitrogens with zero attached hydrogens (tertiary/aromatic N) is 2. The molecule has 2 rings (SSSR count). The van der Waals surface area contributed by atoms with Crippen LogP contribution in [0.1, 0.15) is 42.4 Å². The fourth-order valence-electron chi connectivity index (χ4n) is 2.07. The van der Waals surface area contributed by atoms with Gasteiger partial charge in [-0.1, -0.05) is 35.0 Å². The summed E-state index contributed by atoms with van der Waals surface area (Å²) in [5, 5.41) is 7.00. The van der Waals surface area contributed by atoms with Crippen LogP contribution in [0.15, 0.2) is 45.7 Å². The summed E-state index contributed by atoms with van der Waals surface area (Å²) in [7, 11) is 0. The van der Waals surface area contributed by atoms with E-state index in [9.17, 15) is 9.59 Å². The van der Waals surface area contributed by atoms with Crippen LogP contribution in [0.25, 0.3) is 0 Å². The summed E-state index contributed by atoms with van der Waals surface area (Å²) < 4.78 is 2.28. The summed E-state index contributed by atoms with van der Waals surface area (Å²) in [5.41, 5.74) is 1.04. The van der Waals surface area contributed by atoms with E-state index >= 15 is 0 Å². The Morgan fingerprint density at radius 3 is 2.82 bits per heavy atom. The van der Waals surface area contributed by atoms with Crippen molar-refractivity contribution in [3.8, 4) is 0 Å². The lowest BCUT2D eigenvalue weighted by molar-refractivity contribution is 0.0932. The van der Waals surface area contributed by atoms with Gasteiger partial charge in [0.05, 0.1) is 6.04 Å². The van der Waals surface area contributed by atoms with Crippen molar-refractivity contribution in [3.63, 3.8) is 0 Å². The molecule has 2 aromatic rings. The lowest BCUT2D eigenvalue weighted by atomic mass is 10.1. The van der Waals surface area contributed by atoms with Crippen LogP contribution in [-0.2, 0) is 6.54 Å². The lowest BCUT2D eigenvalue weighted by Crippen LogP contribution is -2.31. The minimum Gasteiger partial charge on any atom is -0.344 e. The molecule has 0 radical (unpaired) electrons. The summed E-state index contributed by atoms with van der Waals surface area (Å²) in [6.45, 7) is 4.36. The first kappa shape index (κ1) is 16.4. The normalized spacial score (nSPS) is 12.0. The third-order valence-corrected chi connectivity index (χ3v) is 3.72. The summed E-state index contributed by atoms with van der Waals surface area (Å²) in [6.07, 6.45) is 0.784. The molecule has 1 atom stereocenters. The second-order valence-corrected chi connectivity index (χ2v) is 5.95. The number of benzene rings is 1. The number of hydrogen-bond donors (Lipinski definition) is 1. The molecule has 0 bridgehead atoms. The van der Waals surface area contributed by atoms with Crippen molar-refractivity contribution in [2.45, 2.75) is 32.9 Å². The van der Waals surface area contributed by atoms with E-state index < -0.39 is 0 Å². The van der Waals surface area contributed by atoms with Crippen LogP contribution < -0.4 is 10.9 Å². The number of hydrogen-bond acceptors (Lipinski definition) is 3. The number of rotatable bonds is 5. The van der Waals surface area contributed by atoms with Gasteiger partial charge in [-0.3, -0.25) is 9.59 Å². The zero-order chi connectivity index (χ0) is 16.1. The van der Waals surface area contributed by atoms with Gasteiger partial charge in [-0.25, -0.2) is 4.68 Å². The largest absolute Gasteiger partial charge is 0.344 e. The van der Waals surface area contributed by atoms with Gasteiger partial charge in [0.1, 0.15) is 5.69 Å². The van der Waals surface area contributed by atoms with Crippen molar-refractivity contribution in [3.05, 3.63) is 62.5 Å². The van der Waals surface area contributed by atoms with Crippen molar-refractivity contribution in [1.29, 1.82) is 0 Å². The second kappa shape index (κ2) is 7.35. The van der Waals surface area contributed by atoms with Crippen LogP contribution in [0.5, 0.6) is 0 Å². The van der Waals surface area contributed by atoms with Gasteiger partial charge in [-0.05, 0) is 37.1 Å². The van der Waals surface area contributed by atoms with E-state index in [0.717, 1.165) is 16.5 Å². The van der Waals surface area contributed by atoms with Crippen molar-refractivity contribution in [1.82, 2.24) is 15.1 Å². The third-order valence-electron chi connectivity index (χ3n) is 3.23. The van der Waals surface area contributed by atoms with E-state index in [1.807, 2.05) is 38.1 Å². The third kappa shape index (κ3) is 4.04. The van der Waals surface area contributed by atoms with Crippen LogP contribution >= 0.6 is 15.9 Å². The van der Waals surface area contributed by atoms with E-state index in [1.165, 1.54) is 16.8 Å². The lowest BCUT2D eigenvalue weighted by Gasteiger charge is -2.14. The fourth-order valence-corrected chi connectivity index (χ4v) is 2.49. The van der Waals surface area contributed by atoms with Gasteiger partial charge in [-0.15, -0.1) is 0 Å². The van der Waals surface area contributed by atoms with Gasteiger partial charge in [0.15, 0.2) is 0 Å². The van der Waals surface area contributed by atoms with E-state index in [2.05, 4.69) is 26.3 Å². The molecule has 1 aromatic carbocycles. The molecule has 0 aliphatic rings. The zero-order valence-corrected chi connectivity index (χ0v) is 14.1. The molecule has 0 aliphatic heterocycles. The monoisotopic (exact) mass is 363 g/mol. The van der Waals surface area contributed by atoms with E-state index in [4.69, 9.17) is 0 Å². The molecular weight excluding hydrogens is 346 g/mol. The smallest absolute Gasteiger partial charge is 0.272 e. The van der Waals surface area contributed by atoms with Gasteiger partial charge >= 0.3 is 0 Å². The molecule has 6 heteroatoms. The average Bonchev–Trinajstić information content (AvgIpc) is 2.49. The van der Waals surface area contributed by atoms with Gasteiger partial charge in [0.2, 0.25) is 0 Å². The van der Waals surface area contributed by atoms with Gasteiger partial charge in [-0.2, -0.15) is 5.10 Å². The Labute approximate surface area is 137 Å². The highest BCUT2D eigenvalue weighted by molar-refractivity contribution is 9.10. The SMILES string of the molecule is CCCn1nc(C(=O)NC(C)c2cccc(Br)c2)ccc1=O. The maximum Gasteiger partial charge on any atom is 0.272 e. The molecular formula is C16H18BrN3O2. The Kier molecular flexibility index (Phi) is 5.49. The van der Waals surface area contributed by atoms with Crippen LogP contribution in [0, 0.1) is 0 Å². The number of halogens is 1. The van der Waals surface area contributed by atoms with Crippen LogP contribution in [-0.4, -0.2) is 15.7 Å². The number of carbonyl (C=O) groups excluding carboxylic acids is 1. The van der Waals surface area contributed by atoms with E-state index in [1.54, 1.807) is 0 Å². The van der Waals surface area contributed by atoms with Crippen LogP contribution in [0.2, 0.25) is 0 Å². The maximum absolute atomic E-state index is 12.3. The van der Waals surface area contributed by atoms with E-state index in [-0.39, 0.29) is 23.2 Å². The molecule has 22 heavy (non-hydrogen) atoms. The van der Waals surface area contributed by atoms with Gasteiger partial charge < -0.3 is 5.32 Å². The van der Waals surface area contributed by atoms with Crippen molar-refractivity contribution >= 4 is 21.8 Å². The molecule has 116 valence electrons. The first-order valence-corrected chi connectivity index (χ1v) is 7.95. The van der Waals surface area contributed by atoms with Crippen LogP contribution in [0.3, 0.4) is 0 Å². The molecule has 0 aliphatic carbocycles. The predicted octanol–water partition coefficient (Wildman–Crippen LogP) is 2.91. The molecule has 1 aromatic heterocycles. The molecule has 0 spiro atoms. The molecule has 1 heterocycles. The first-order chi connectivity index (χ1) is 10.5. The molecule has 0 saturated heterocycles. The maximum atomic E-state index is 12.3. The van der Waals surface area contributed by atoms with Gasteiger partial charge in [0, 0.05) is 17.1 Å². The van der Waals surface area contributed by atoms with Crippen molar-refractivity contribution < 1.29 is 4.79 Å². The zero-order valence-electron chi connectivity index (χ0n) is 12.5. The number of carbonyl (C=O) groups is 1. The Hall–Kier alpha value is -1.95. The highest BCUT2D eigenvalue weighted by Gasteiger charge is 2.14. The van der Waals surface area contributed by atoms with Crippen molar-refractivity contribution in [2.75, 3.05) is 0 Å². The van der Waals surface area contributed by atoms with Crippen molar-refractivity contribution in [2.24, 2.45) is 0 Å². The summed E-state index contributed by atoms with van der Waals surface area (Å²) in [5.74, 6) is -0.294. The standard InChI is InChI=1S/C16H18BrN3O2/c1-3-9-20-15(21)8-7-14(19-20)16(22)18-11(2)12-5-4-6-13(17)10-12/h4-8,10-11H,3,9H2,1-2H3,(H,18,22). The predicted molar refractivity (Wildman–Crippen MR) is 88.8 cm³/mol. The molecule has 1 unspecified atom stereocenters. The Morgan fingerprint density at radius 1 is 1.36 bits per heavy atom. The first-order valence-electron chi connectivity index (χ1n) is 7.15. The second-order valence-electron chi connectivity index (χ2n) is 5.03. The highest BCUT2D eigenvalue weighted by atomic mass is 79.9. The van der Waals surface area contributed by atoms with Gasteiger partial charge in [0.25, 0.3) is 11.5 Å². The summed E-state index contributed by atoms with van der Waals surface area (Å²) in [6, 6.07) is 10.4.